The first-order chi connectivity index (χ1) is 8.72. The van der Waals surface area contributed by atoms with Crippen molar-refractivity contribution in [3.63, 3.8) is 0 Å². The van der Waals surface area contributed by atoms with Crippen LogP contribution in [0, 0.1) is 5.92 Å². The van der Waals surface area contributed by atoms with Crippen LogP contribution in [0.4, 0.5) is 0 Å². The molecule has 1 fully saturated rings. The summed E-state index contributed by atoms with van der Waals surface area (Å²) in [6, 6.07) is 0.739. The molecular formula is C15H32N2O. The predicted octanol–water partition coefficient (Wildman–Crippen LogP) is 2.51. The highest BCUT2D eigenvalue weighted by atomic mass is 16.5. The molecule has 0 aromatic rings. The molecule has 0 amide bonds. The Morgan fingerprint density at radius 1 is 1.28 bits per heavy atom. The molecule has 0 aromatic carbocycles. The topological polar surface area (TPSA) is 24.5 Å². The molecule has 0 atom stereocenters. The van der Waals surface area contributed by atoms with E-state index in [4.69, 9.17) is 4.74 Å². The highest BCUT2D eigenvalue weighted by molar-refractivity contribution is 4.76. The van der Waals surface area contributed by atoms with Gasteiger partial charge >= 0.3 is 0 Å². The Morgan fingerprint density at radius 3 is 2.61 bits per heavy atom. The van der Waals surface area contributed by atoms with Gasteiger partial charge in [-0.15, -0.1) is 0 Å². The maximum absolute atomic E-state index is 5.59. The van der Waals surface area contributed by atoms with Crippen LogP contribution in [0.15, 0.2) is 0 Å². The lowest BCUT2D eigenvalue weighted by molar-refractivity contribution is 0.106. The van der Waals surface area contributed by atoms with E-state index < -0.39 is 0 Å². The molecule has 0 radical (unpaired) electrons. The second-order valence-corrected chi connectivity index (χ2v) is 5.89. The standard InChI is InChI=1S/C15H32N2O/c1-4-9-17-10-6-15(7-11-17)16-8-5-12-18-13-14(2)3/h14-16H,4-13H2,1-3H3. The molecule has 0 bridgehead atoms. The van der Waals surface area contributed by atoms with Crippen LogP contribution in [0.1, 0.15) is 46.5 Å². The number of nitrogens with one attached hydrogen (secondary N) is 1. The monoisotopic (exact) mass is 256 g/mol. The van der Waals surface area contributed by atoms with Gasteiger partial charge in [0.1, 0.15) is 0 Å². The Kier molecular flexibility index (Phi) is 8.64. The van der Waals surface area contributed by atoms with Gasteiger partial charge in [-0.2, -0.15) is 0 Å². The number of nitrogens with zero attached hydrogens (tertiary/aromatic N) is 1. The average Bonchev–Trinajstić information content (AvgIpc) is 2.35. The van der Waals surface area contributed by atoms with Gasteiger partial charge in [0.15, 0.2) is 0 Å². The summed E-state index contributed by atoms with van der Waals surface area (Å²) < 4.78 is 5.59. The number of ether oxygens (including phenoxy) is 1. The smallest absolute Gasteiger partial charge is 0.0489 e. The molecule has 108 valence electrons. The fourth-order valence-electron chi connectivity index (χ4n) is 2.48. The Bertz CT molecular complexity index is 189. The lowest BCUT2D eigenvalue weighted by Crippen LogP contribution is -2.43. The van der Waals surface area contributed by atoms with E-state index in [1.165, 1.54) is 38.9 Å². The first-order valence-electron chi connectivity index (χ1n) is 7.75. The van der Waals surface area contributed by atoms with Gasteiger partial charge in [0, 0.05) is 19.3 Å². The molecular weight excluding hydrogens is 224 g/mol. The van der Waals surface area contributed by atoms with E-state index in [0.717, 1.165) is 32.2 Å². The minimum absolute atomic E-state index is 0.654. The molecule has 1 heterocycles. The third-order valence-electron chi connectivity index (χ3n) is 3.48. The summed E-state index contributed by atoms with van der Waals surface area (Å²) in [7, 11) is 0. The van der Waals surface area contributed by atoms with Gasteiger partial charge in [0.25, 0.3) is 0 Å². The van der Waals surface area contributed by atoms with Crippen LogP contribution < -0.4 is 5.32 Å². The highest BCUT2D eigenvalue weighted by Crippen LogP contribution is 2.10. The molecule has 1 aliphatic rings. The van der Waals surface area contributed by atoms with Gasteiger partial charge in [-0.25, -0.2) is 0 Å². The van der Waals surface area contributed by atoms with Crippen LogP contribution in [0.25, 0.3) is 0 Å². The molecule has 3 heteroatoms. The molecule has 3 nitrogen and oxygen atoms in total. The summed E-state index contributed by atoms with van der Waals surface area (Å²) in [5.41, 5.74) is 0. The zero-order valence-corrected chi connectivity index (χ0v) is 12.6. The lowest BCUT2D eigenvalue weighted by atomic mass is 10.0. The summed E-state index contributed by atoms with van der Waals surface area (Å²) in [6.07, 6.45) is 5.05. The van der Waals surface area contributed by atoms with Crippen molar-refractivity contribution in [3.8, 4) is 0 Å². The summed E-state index contributed by atoms with van der Waals surface area (Å²) >= 11 is 0. The normalized spacial score (nSPS) is 18.7. The predicted molar refractivity (Wildman–Crippen MR) is 78.0 cm³/mol. The van der Waals surface area contributed by atoms with E-state index in [1.54, 1.807) is 0 Å². The second-order valence-electron chi connectivity index (χ2n) is 5.89. The Hall–Kier alpha value is -0.120. The third kappa shape index (κ3) is 7.34. The van der Waals surface area contributed by atoms with E-state index in [1.807, 2.05) is 0 Å². The van der Waals surface area contributed by atoms with Crippen molar-refractivity contribution in [1.29, 1.82) is 0 Å². The van der Waals surface area contributed by atoms with E-state index in [2.05, 4.69) is 31.0 Å². The summed E-state index contributed by atoms with van der Waals surface area (Å²) in [5, 5.41) is 3.67. The van der Waals surface area contributed by atoms with Gasteiger partial charge in [0.2, 0.25) is 0 Å². The molecule has 0 saturated carbocycles. The molecule has 0 aliphatic carbocycles. The van der Waals surface area contributed by atoms with Crippen LogP contribution in [0.3, 0.4) is 0 Å². The maximum Gasteiger partial charge on any atom is 0.0489 e. The summed E-state index contributed by atoms with van der Waals surface area (Å²) in [4.78, 5) is 2.59. The van der Waals surface area contributed by atoms with Crippen LogP contribution >= 0.6 is 0 Å². The molecule has 18 heavy (non-hydrogen) atoms. The van der Waals surface area contributed by atoms with Gasteiger partial charge in [-0.1, -0.05) is 20.8 Å². The van der Waals surface area contributed by atoms with Crippen molar-refractivity contribution in [2.75, 3.05) is 39.4 Å². The molecule has 1 aliphatic heterocycles. The zero-order chi connectivity index (χ0) is 13.2. The maximum atomic E-state index is 5.59. The first kappa shape index (κ1) is 15.9. The Balaban J connectivity index is 1.91. The van der Waals surface area contributed by atoms with Crippen LogP contribution in [0.5, 0.6) is 0 Å². The Morgan fingerprint density at radius 2 is 2.00 bits per heavy atom. The van der Waals surface area contributed by atoms with Crippen molar-refractivity contribution in [1.82, 2.24) is 10.2 Å². The minimum atomic E-state index is 0.654. The largest absolute Gasteiger partial charge is 0.381 e. The van der Waals surface area contributed by atoms with Gasteiger partial charge in [0.05, 0.1) is 0 Å². The van der Waals surface area contributed by atoms with Crippen LogP contribution in [-0.2, 0) is 4.74 Å². The quantitative estimate of drug-likeness (QED) is 0.642. The molecule has 1 N–H and O–H groups in total. The SMILES string of the molecule is CCCN1CCC(NCCCOCC(C)C)CC1. The van der Waals surface area contributed by atoms with E-state index in [9.17, 15) is 0 Å². The minimum Gasteiger partial charge on any atom is -0.381 e. The first-order valence-corrected chi connectivity index (χ1v) is 7.75. The average molecular weight is 256 g/mol. The van der Waals surface area contributed by atoms with Gasteiger partial charge in [-0.3, -0.25) is 0 Å². The van der Waals surface area contributed by atoms with Gasteiger partial charge < -0.3 is 15.0 Å². The molecule has 0 unspecified atom stereocenters. The number of piperidine rings is 1. The molecule has 1 rings (SSSR count). The van der Waals surface area contributed by atoms with Crippen molar-refractivity contribution >= 4 is 0 Å². The summed E-state index contributed by atoms with van der Waals surface area (Å²) in [6.45, 7) is 13.4. The van der Waals surface area contributed by atoms with Crippen LogP contribution in [0.2, 0.25) is 0 Å². The third-order valence-corrected chi connectivity index (χ3v) is 3.48. The lowest BCUT2D eigenvalue weighted by Gasteiger charge is -2.32. The highest BCUT2D eigenvalue weighted by Gasteiger charge is 2.17. The van der Waals surface area contributed by atoms with Crippen molar-refractivity contribution in [3.05, 3.63) is 0 Å². The van der Waals surface area contributed by atoms with E-state index in [-0.39, 0.29) is 0 Å². The fraction of sp³-hybridized carbons (Fsp3) is 1.00. The van der Waals surface area contributed by atoms with Gasteiger partial charge in [-0.05, 0) is 57.8 Å². The fourth-order valence-corrected chi connectivity index (χ4v) is 2.48. The number of hydrogen-bond donors (Lipinski definition) is 1. The molecule has 1 saturated heterocycles. The van der Waals surface area contributed by atoms with E-state index in [0.29, 0.717) is 5.92 Å². The molecule has 0 spiro atoms. The van der Waals surface area contributed by atoms with Crippen LogP contribution in [-0.4, -0.2) is 50.3 Å². The second kappa shape index (κ2) is 9.76. The van der Waals surface area contributed by atoms with Crippen molar-refractivity contribution < 1.29 is 4.74 Å². The zero-order valence-electron chi connectivity index (χ0n) is 12.6. The van der Waals surface area contributed by atoms with Crippen molar-refractivity contribution in [2.45, 2.75) is 52.5 Å². The number of hydrogen-bond acceptors (Lipinski definition) is 3. The number of rotatable bonds is 9. The van der Waals surface area contributed by atoms with E-state index >= 15 is 0 Å². The molecule has 0 aromatic heterocycles. The number of likely N-dealkylation sites (tertiary alicyclic amines) is 1. The van der Waals surface area contributed by atoms with Crippen molar-refractivity contribution in [2.24, 2.45) is 5.92 Å². The summed E-state index contributed by atoms with van der Waals surface area (Å²) in [5.74, 6) is 0.654. The Labute approximate surface area is 113 Å².